The Morgan fingerprint density at radius 3 is 3.07 bits per heavy atom. The highest BCUT2D eigenvalue weighted by atomic mass is 16.5. The first-order chi connectivity index (χ1) is 6.75. The maximum Gasteiger partial charge on any atom is 0.311 e. The largest absolute Gasteiger partial charge is 0.481 e. The van der Waals surface area contributed by atoms with Gasteiger partial charge in [0.1, 0.15) is 17.9 Å². The summed E-state index contributed by atoms with van der Waals surface area (Å²) < 4.78 is 9.88. The normalized spacial score (nSPS) is 10.3. The van der Waals surface area contributed by atoms with E-state index in [-0.39, 0.29) is 6.42 Å². The summed E-state index contributed by atoms with van der Waals surface area (Å²) >= 11 is 0. The molecule has 2 aromatic rings. The number of carboxylic acids is 1. The van der Waals surface area contributed by atoms with Crippen molar-refractivity contribution in [1.29, 1.82) is 0 Å². The van der Waals surface area contributed by atoms with Gasteiger partial charge in [-0.05, 0) is 12.1 Å². The zero-order valence-corrected chi connectivity index (χ0v) is 7.14. The van der Waals surface area contributed by atoms with E-state index in [1.807, 2.05) is 0 Å². The lowest BCUT2D eigenvalue weighted by Gasteiger charge is -1.84. The molecule has 0 amide bonds. The third kappa shape index (κ3) is 1.66. The fraction of sp³-hybridized carbons (Fsp3) is 0.111. The molecule has 0 saturated heterocycles. The maximum absolute atomic E-state index is 10.4. The van der Waals surface area contributed by atoms with Crippen LogP contribution in [0.15, 0.2) is 33.4 Å². The van der Waals surface area contributed by atoms with Gasteiger partial charge in [0, 0.05) is 6.07 Å². The topological polar surface area (TPSA) is 76.5 Å². The number of carboxylic acid groups (broad SMARTS) is 1. The zero-order valence-electron chi connectivity index (χ0n) is 7.14. The Kier molecular flexibility index (Phi) is 2.06. The second-order valence-corrected chi connectivity index (χ2v) is 2.73. The van der Waals surface area contributed by atoms with E-state index in [1.165, 1.54) is 6.26 Å². The molecule has 0 aliphatic rings. The van der Waals surface area contributed by atoms with E-state index < -0.39 is 5.97 Å². The van der Waals surface area contributed by atoms with Gasteiger partial charge in [-0.3, -0.25) is 4.79 Å². The van der Waals surface area contributed by atoms with Crippen LogP contribution in [0, 0.1) is 0 Å². The molecule has 0 fully saturated rings. The molecule has 72 valence electrons. The molecule has 0 unspecified atom stereocenters. The Morgan fingerprint density at radius 1 is 1.57 bits per heavy atom. The van der Waals surface area contributed by atoms with Crippen LogP contribution in [-0.2, 0) is 11.2 Å². The number of hydrogen-bond acceptors (Lipinski definition) is 4. The van der Waals surface area contributed by atoms with Crippen molar-refractivity contribution in [2.75, 3.05) is 0 Å². The van der Waals surface area contributed by atoms with Crippen LogP contribution in [0.3, 0.4) is 0 Å². The van der Waals surface area contributed by atoms with Gasteiger partial charge in [0.2, 0.25) is 0 Å². The van der Waals surface area contributed by atoms with Gasteiger partial charge in [-0.25, -0.2) is 0 Å². The number of rotatable bonds is 3. The van der Waals surface area contributed by atoms with Gasteiger partial charge in [-0.1, -0.05) is 5.16 Å². The Labute approximate surface area is 78.9 Å². The summed E-state index contributed by atoms with van der Waals surface area (Å²) in [5.41, 5.74) is 0.506. The lowest BCUT2D eigenvalue weighted by Crippen LogP contribution is -1.97. The minimum absolute atomic E-state index is 0.173. The average molecular weight is 193 g/mol. The molecule has 2 aromatic heterocycles. The second-order valence-electron chi connectivity index (χ2n) is 2.73. The van der Waals surface area contributed by atoms with Crippen LogP contribution < -0.4 is 0 Å². The molecular weight excluding hydrogens is 186 g/mol. The third-order valence-electron chi connectivity index (χ3n) is 1.66. The molecule has 5 heteroatoms. The summed E-state index contributed by atoms with van der Waals surface area (Å²) in [6, 6.07) is 5.00. The summed E-state index contributed by atoms with van der Waals surface area (Å²) in [6.45, 7) is 0. The van der Waals surface area contributed by atoms with Gasteiger partial charge >= 0.3 is 5.97 Å². The molecule has 14 heavy (non-hydrogen) atoms. The lowest BCUT2D eigenvalue weighted by molar-refractivity contribution is -0.136. The number of carbonyl (C=O) groups is 1. The van der Waals surface area contributed by atoms with Crippen molar-refractivity contribution in [3.05, 3.63) is 30.2 Å². The fourth-order valence-corrected chi connectivity index (χ4v) is 1.09. The highest BCUT2D eigenvalue weighted by Gasteiger charge is 2.10. The summed E-state index contributed by atoms with van der Waals surface area (Å²) in [5.74, 6) is -0.0820. The second kappa shape index (κ2) is 3.37. The summed E-state index contributed by atoms with van der Waals surface area (Å²) in [6.07, 6.45) is 1.34. The van der Waals surface area contributed by atoms with E-state index in [1.54, 1.807) is 18.2 Å². The molecular formula is C9H7NO4. The molecule has 2 heterocycles. The number of nitrogens with zero attached hydrogens (tertiary/aromatic N) is 1. The Hall–Kier alpha value is -2.04. The highest BCUT2D eigenvalue weighted by Crippen LogP contribution is 2.19. The van der Waals surface area contributed by atoms with Crippen LogP contribution in [0.5, 0.6) is 0 Å². The van der Waals surface area contributed by atoms with Crippen molar-refractivity contribution in [3.8, 4) is 11.5 Å². The predicted molar refractivity (Wildman–Crippen MR) is 45.5 cm³/mol. The molecule has 1 N–H and O–H groups in total. The number of aliphatic carboxylic acids is 1. The van der Waals surface area contributed by atoms with Gasteiger partial charge in [0.15, 0.2) is 5.76 Å². The summed E-state index contributed by atoms with van der Waals surface area (Å²) in [4.78, 5) is 10.4. The minimum atomic E-state index is -0.952. The van der Waals surface area contributed by atoms with Crippen LogP contribution in [-0.4, -0.2) is 16.2 Å². The van der Waals surface area contributed by atoms with Crippen molar-refractivity contribution in [3.63, 3.8) is 0 Å². The van der Waals surface area contributed by atoms with Crippen LogP contribution in [0.25, 0.3) is 11.5 Å². The Morgan fingerprint density at radius 2 is 2.43 bits per heavy atom. The van der Waals surface area contributed by atoms with Gasteiger partial charge in [0.25, 0.3) is 0 Å². The molecule has 0 aliphatic heterocycles. The maximum atomic E-state index is 10.4. The molecule has 5 nitrogen and oxygen atoms in total. The first-order valence-corrected chi connectivity index (χ1v) is 3.97. The molecule has 0 aliphatic carbocycles. The van der Waals surface area contributed by atoms with Crippen molar-refractivity contribution in [2.24, 2.45) is 0 Å². The first kappa shape index (κ1) is 8.55. The van der Waals surface area contributed by atoms with E-state index >= 15 is 0 Å². The molecule has 0 saturated carbocycles. The smallest absolute Gasteiger partial charge is 0.311 e. The number of furan rings is 1. The zero-order chi connectivity index (χ0) is 9.97. The lowest BCUT2D eigenvalue weighted by atomic mass is 10.2. The van der Waals surface area contributed by atoms with Crippen LogP contribution >= 0.6 is 0 Å². The standard InChI is InChI=1S/C9H7NO4/c11-9(12)5-6-4-7(10-14-6)8-2-1-3-13-8/h1-4H,5H2,(H,11,12). The fourth-order valence-electron chi connectivity index (χ4n) is 1.09. The Bertz CT molecular complexity index is 429. The molecule has 2 rings (SSSR count). The summed E-state index contributed by atoms with van der Waals surface area (Å²) in [7, 11) is 0. The highest BCUT2D eigenvalue weighted by molar-refractivity contribution is 5.69. The van der Waals surface area contributed by atoms with Gasteiger partial charge in [0.05, 0.1) is 6.26 Å². The SMILES string of the molecule is O=C(O)Cc1cc(-c2ccco2)no1. The van der Waals surface area contributed by atoms with Crippen LogP contribution in [0.1, 0.15) is 5.76 Å². The van der Waals surface area contributed by atoms with E-state index in [4.69, 9.17) is 14.0 Å². The summed E-state index contributed by atoms with van der Waals surface area (Å²) in [5, 5.41) is 12.2. The van der Waals surface area contributed by atoms with Gasteiger partial charge in [-0.2, -0.15) is 0 Å². The van der Waals surface area contributed by atoms with E-state index in [0.29, 0.717) is 17.2 Å². The van der Waals surface area contributed by atoms with Gasteiger partial charge < -0.3 is 14.0 Å². The van der Waals surface area contributed by atoms with Crippen LogP contribution in [0.4, 0.5) is 0 Å². The quantitative estimate of drug-likeness (QED) is 0.800. The Balaban J connectivity index is 2.22. The van der Waals surface area contributed by atoms with E-state index in [0.717, 1.165) is 0 Å². The van der Waals surface area contributed by atoms with Crippen molar-refractivity contribution in [1.82, 2.24) is 5.16 Å². The van der Waals surface area contributed by atoms with E-state index in [9.17, 15) is 4.79 Å². The molecule has 0 radical (unpaired) electrons. The van der Waals surface area contributed by atoms with Crippen molar-refractivity contribution in [2.45, 2.75) is 6.42 Å². The monoisotopic (exact) mass is 193 g/mol. The molecule has 0 aromatic carbocycles. The number of hydrogen-bond donors (Lipinski definition) is 1. The molecule has 0 spiro atoms. The minimum Gasteiger partial charge on any atom is -0.481 e. The molecule has 0 bridgehead atoms. The molecule has 0 atom stereocenters. The average Bonchev–Trinajstić information content (AvgIpc) is 2.69. The third-order valence-corrected chi connectivity index (χ3v) is 1.66. The van der Waals surface area contributed by atoms with Gasteiger partial charge in [-0.15, -0.1) is 0 Å². The predicted octanol–water partition coefficient (Wildman–Crippen LogP) is 1.56. The first-order valence-electron chi connectivity index (χ1n) is 3.97. The van der Waals surface area contributed by atoms with Crippen molar-refractivity contribution < 1.29 is 18.8 Å². The van der Waals surface area contributed by atoms with Crippen LogP contribution in [0.2, 0.25) is 0 Å². The number of aromatic nitrogens is 1. The van der Waals surface area contributed by atoms with Crippen molar-refractivity contribution >= 4 is 5.97 Å². The van der Waals surface area contributed by atoms with E-state index in [2.05, 4.69) is 5.16 Å².